The van der Waals surface area contributed by atoms with Crippen LogP contribution in [0, 0.1) is 6.92 Å². The Hall–Kier alpha value is -1.04. The predicted molar refractivity (Wildman–Crippen MR) is 56.3 cm³/mol. The number of aryl methyl sites for hydroxylation is 1. The highest BCUT2D eigenvalue weighted by atomic mass is 32.2. The summed E-state index contributed by atoms with van der Waals surface area (Å²) in [6, 6.07) is 0. The van der Waals surface area contributed by atoms with Crippen LogP contribution in [0.25, 0.3) is 0 Å². The zero-order chi connectivity index (χ0) is 11.1. The molecular formula is C9H14N2O3S. The Bertz CT molecular complexity index is 450. The van der Waals surface area contributed by atoms with Crippen molar-refractivity contribution in [3.63, 3.8) is 0 Å². The Kier molecular flexibility index (Phi) is 2.46. The maximum Gasteiger partial charge on any atom is 0.162 e. The van der Waals surface area contributed by atoms with Crippen LogP contribution in [-0.4, -0.2) is 25.1 Å². The molecule has 0 unspecified atom stereocenters. The topological polar surface area (TPSA) is 86.2 Å². The smallest absolute Gasteiger partial charge is 0.162 e. The number of anilines is 1. The number of sulfone groups is 1. The third-order valence-electron chi connectivity index (χ3n) is 2.86. The van der Waals surface area contributed by atoms with Crippen molar-refractivity contribution in [1.29, 1.82) is 0 Å². The minimum atomic E-state index is -2.83. The molecule has 2 heterocycles. The molecular weight excluding hydrogens is 216 g/mol. The maximum absolute atomic E-state index is 11.2. The highest BCUT2D eigenvalue weighted by Gasteiger charge is 2.29. The molecule has 1 aliphatic heterocycles. The molecule has 0 atom stereocenters. The first-order valence-electron chi connectivity index (χ1n) is 4.91. The van der Waals surface area contributed by atoms with Gasteiger partial charge in [0, 0.05) is 5.92 Å². The van der Waals surface area contributed by atoms with E-state index in [1.165, 1.54) is 0 Å². The molecule has 0 radical (unpaired) electrons. The summed E-state index contributed by atoms with van der Waals surface area (Å²) in [6.45, 7) is 1.78. The lowest BCUT2D eigenvalue weighted by atomic mass is 9.98. The Labute approximate surface area is 88.5 Å². The summed E-state index contributed by atoms with van der Waals surface area (Å²) >= 11 is 0. The van der Waals surface area contributed by atoms with Crippen LogP contribution in [0.15, 0.2) is 4.52 Å². The molecule has 0 saturated carbocycles. The molecule has 1 aromatic heterocycles. The molecule has 2 rings (SSSR count). The van der Waals surface area contributed by atoms with Gasteiger partial charge in [-0.05, 0) is 19.8 Å². The molecule has 15 heavy (non-hydrogen) atoms. The first-order chi connectivity index (χ1) is 6.99. The molecule has 5 nitrogen and oxygen atoms in total. The fraction of sp³-hybridized carbons (Fsp3) is 0.667. The van der Waals surface area contributed by atoms with Gasteiger partial charge in [-0.2, -0.15) is 0 Å². The quantitative estimate of drug-likeness (QED) is 0.773. The SMILES string of the molecule is Cc1noc(C2CCS(=O)(=O)CC2)c1N. The lowest BCUT2D eigenvalue weighted by Gasteiger charge is -2.19. The summed E-state index contributed by atoms with van der Waals surface area (Å²) < 4.78 is 27.6. The summed E-state index contributed by atoms with van der Waals surface area (Å²) in [7, 11) is -2.83. The van der Waals surface area contributed by atoms with Crippen molar-refractivity contribution in [3.8, 4) is 0 Å². The Balaban J connectivity index is 2.18. The van der Waals surface area contributed by atoms with Gasteiger partial charge in [0.2, 0.25) is 0 Å². The molecule has 0 bridgehead atoms. The number of hydrogen-bond donors (Lipinski definition) is 1. The second kappa shape index (κ2) is 3.52. The van der Waals surface area contributed by atoms with Gasteiger partial charge in [0.25, 0.3) is 0 Å². The molecule has 0 aromatic carbocycles. The van der Waals surface area contributed by atoms with Gasteiger partial charge in [0.05, 0.1) is 17.2 Å². The van der Waals surface area contributed by atoms with Crippen LogP contribution in [0.1, 0.15) is 30.2 Å². The first-order valence-corrected chi connectivity index (χ1v) is 6.74. The summed E-state index contributed by atoms with van der Waals surface area (Å²) in [5.41, 5.74) is 7.04. The highest BCUT2D eigenvalue weighted by Crippen LogP contribution is 2.33. The Morgan fingerprint density at radius 3 is 2.47 bits per heavy atom. The molecule has 1 aliphatic rings. The van der Waals surface area contributed by atoms with Crippen molar-refractivity contribution in [1.82, 2.24) is 5.16 Å². The number of nitrogens with two attached hydrogens (primary N) is 1. The van der Waals surface area contributed by atoms with Crippen molar-refractivity contribution in [2.75, 3.05) is 17.2 Å². The minimum Gasteiger partial charge on any atom is -0.394 e. The van der Waals surface area contributed by atoms with Crippen LogP contribution >= 0.6 is 0 Å². The van der Waals surface area contributed by atoms with E-state index in [9.17, 15) is 8.42 Å². The van der Waals surface area contributed by atoms with Crippen molar-refractivity contribution >= 4 is 15.5 Å². The molecule has 0 aliphatic carbocycles. The van der Waals surface area contributed by atoms with Crippen molar-refractivity contribution in [2.45, 2.75) is 25.7 Å². The van der Waals surface area contributed by atoms with Crippen molar-refractivity contribution in [3.05, 3.63) is 11.5 Å². The van der Waals surface area contributed by atoms with E-state index >= 15 is 0 Å². The number of rotatable bonds is 1. The van der Waals surface area contributed by atoms with Gasteiger partial charge in [-0.15, -0.1) is 0 Å². The van der Waals surface area contributed by atoms with Crippen LogP contribution in [0.5, 0.6) is 0 Å². The zero-order valence-electron chi connectivity index (χ0n) is 8.56. The number of aromatic nitrogens is 1. The van der Waals surface area contributed by atoms with Gasteiger partial charge in [-0.25, -0.2) is 8.42 Å². The fourth-order valence-electron chi connectivity index (χ4n) is 1.84. The molecule has 6 heteroatoms. The molecule has 0 amide bonds. The monoisotopic (exact) mass is 230 g/mol. The predicted octanol–water partition coefficient (Wildman–Crippen LogP) is 0.857. The first kappa shape index (κ1) is 10.5. The lowest BCUT2D eigenvalue weighted by Crippen LogP contribution is -2.22. The van der Waals surface area contributed by atoms with E-state index in [2.05, 4.69) is 5.16 Å². The van der Waals surface area contributed by atoms with Gasteiger partial charge in [-0.1, -0.05) is 5.16 Å². The molecule has 0 spiro atoms. The van der Waals surface area contributed by atoms with Crippen LogP contribution in [0.2, 0.25) is 0 Å². The summed E-state index contributed by atoms with van der Waals surface area (Å²) in [6.07, 6.45) is 1.17. The third kappa shape index (κ3) is 1.99. The van der Waals surface area contributed by atoms with E-state index < -0.39 is 9.84 Å². The van der Waals surface area contributed by atoms with Gasteiger partial charge in [0.1, 0.15) is 15.5 Å². The Morgan fingerprint density at radius 1 is 1.40 bits per heavy atom. The van der Waals surface area contributed by atoms with Crippen LogP contribution in [-0.2, 0) is 9.84 Å². The van der Waals surface area contributed by atoms with Crippen LogP contribution in [0.4, 0.5) is 5.69 Å². The van der Waals surface area contributed by atoms with Crippen molar-refractivity contribution in [2.24, 2.45) is 0 Å². The highest BCUT2D eigenvalue weighted by molar-refractivity contribution is 7.91. The van der Waals surface area contributed by atoms with Gasteiger partial charge >= 0.3 is 0 Å². The average molecular weight is 230 g/mol. The van der Waals surface area contributed by atoms with E-state index in [0.717, 1.165) is 0 Å². The lowest BCUT2D eigenvalue weighted by molar-refractivity contribution is 0.348. The Morgan fingerprint density at radius 2 is 2.00 bits per heavy atom. The molecule has 2 N–H and O–H groups in total. The van der Waals surface area contributed by atoms with Gasteiger partial charge in [-0.3, -0.25) is 0 Å². The maximum atomic E-state index is 11.2. The number of nitrogens with zero attached hydrogens (tertiary/aromatic N) is 1. The standard InChI is InChI=1S/C9H14N2O3S/c1-6-8(10)9(14-11-6)7-2-4-15(12,13)5-3-7/h7H,2-5,10H2,1H3. The van der Waals surface area contributed by atoms with Gasteiger partial charge in [0.15, 0.2) is 5.76 Å². The van der Waals surface area contributed by atoms with Gasteiger partial charge < -0.3 is 10.3 Å². The van der Waals surface area contributed by atoms with E-state index in [0.29, 0.717) is 30.0 Å². The number of hydrogen-bond acceptors (Lipinski definition) is 5. The second-order valence-electron chi connectivity index (χ2n) is 3.97. The fourth-order valence-corrected chi connectivity index (χ4v) is 3.33. The van der Waals surface area contributed by atoms with E-state index in [1.54, 1.807) is 6.92 Å². The molecule has 1 aromatic rings. The third-order valence-corrected chi connectivity index (χ3v) is 4.58. The zero-order valence-corrected chi connectivity index (χ0v) is 9.38. The van der Waals surface area contributed by atoms with Crippen LogP contribution in [0.3, 0.4) is 0 Å². The van der Waals surface area contributed by atoms with E-state index in [-0.39, 0.29) is 17.4 Å². The summed E-state index contributed by atoms with van der Waals surface area (Å²) in [4.78, 5) is 0. The average Bonchev–Trinajstić information content (AvgIpc) is 2.49. The number of nitrogen functional groups attached to an aromatic ring is 1. The summed E-state index contributed by atoms with van der Waals surface area (Å²) in [5, 5.41) is 3.78. The largest absolute Gasteiger partial charge is 0.394 e. The summed E-state index contributed by atoms with van der Waals surface area (Å²) in [5.74, 6) is 1.20. The van der Waals surface area contributed by atoms with E-state index in [1.807, 2.05) is 0 Å². The normalized spacial score (nSPS) is 21.7. The minimum absolute atomic E-state index is 0.106. The molecule has 1 fully saturated rings. The second-order valence-corrected chi connectivity index (χ2v) is 6.28. The van der Waals surface area contributed by atoms with E-state index in [4.69, 9.17) is 10.3 Å². The molecule has 84 valence electrons. The van der Waals surface area contributed by atoms with Crippen molar-refractivity contribution < 1.29 is 12.9 Å². The van der Waals surface area contributed by atoms with Crippen LogP contribution < -0.4 is 5.73 Å². The molecule has 1 saturated heterocycles.